The van der Waals surface area contributed by atoms with E-state index in [1.165, 1.54) is 23.0 Å². The molecule has 2 aliphatic rings. The van der Waals surface area contributed by atoms with Gasteiger partial charge in [0.15, 0.2) is 0 Å². The number of amides is 2. The number of likely N-dealkylation sites (tertiary alicyclic amines) is 1. The summed E-state index contributed by atoms with van der Waals surface area (Å²) in [5.41, 5.74) is 0.410. The van der Waals surface area contributed by atoms with Crippen molar-refractivity contribution in [2.24, 2.45) is 0 Å². The summed E-state index contributed by atoms with van der Waals surface area (Å²) in [6.07, 6.45) is -2.78. The second-order valence-corrected chi connectivity index (χ2v) is 10.3. The van der Waals surface area contributed by atoms with Crippen LogP contribution in [0, 0.1) is 0 Å². The van der Waals surface area contributed by atoms with Crippen molar-refractivity contribution >= 4 is 51.5 Å². The summed E-state index contributed by atoms with van der Waals surface area (Å²) in [4.78, 5) is 28.6. The minimum Gasteiger partial charge on any atom is -0.298 e. The van der Waals surface area contributed by atoms with Crippen molar-refractivity contribution in [1.29, 1.82) is 0 Å². The van der Waals surface area contributed by atoms with Crippen LogP contribution in [-0.4, -0.2) is 62.6 Å². The second-order valence-electron chi connectivity index (χ2n) is 8.91. The van der Waals surface area contributed by atoms with Gasteiger partial charge in [-0.15, -0.1) is 0 Å². The van der Waals surface area contributed by atoms with E-state index >= 15 is 0 Å². The van der Waals surface area contributed by atoms with Crippen molar-refractivity contribution in [2.45, 2.75) is 31.9 Å². The topological polar surface area (TPSA) is 58.4 Å². The number of carbonyl (C=O) groups is 2. The molecule has 0 aliphatic carbocycles. The zero-order valence-electron chi connectivity index (χ0n) is 19.5. The molecule has 37 heavy (non-hydrogen) atoms. The van der Waals surface area contributed by atoms with E-state index in [1.54, 1.807) is 24.3 Å². The number of alkyl halides is 4. The van der Waals surface area contributed by atoms with Gasteiger partial charge in [-0.3, -0.25) is 24.1 Å². The molecule has 5 rings (SSSR count). The molecule has 2 aliphatic heterocycles. The lowest BCUT2D eigenvalue weighted by molar-refractivity contribution is -0.138. The molecule has 1 aromatic heterocycles. The van der Waals surface area contributed by atoms with E-state index in [9.17, 15) is 27.2 Å². The zero-order chi connectivity index (χ0) is 26.5. The standard InChI is InChI=1S/C25H21ClF4N4O2S/c1-2-32-12-19(27)21(13-32)34-23(35)22(37-24(34)36)8-14-3-6-20-16(7-14)10-31-33(20)11-15-4-5-17(26)9-18(15)25(28,29)30/h3-10,19,21H,2,11-13H2,1H3/b22-8-. The molecule has 2 aromatic carbocycles. The van der Waals surface area contributed by atoms with Crippen molar-refractivity contribution in [3.63, 3.8) is 0 Å². The van der Waals surface area contributed by atoms with Gasteiger partial charge in [0.2, 0.25) is 0 Å². The summed E-state index contributed by atoms with van der Waals surface area (Å²) in [6, 6.07) is 7.92. The molecule has 2 fully saturated rings. The third-order valence-electron chi connectivity index (χ3n) is 6.56. The molecule has 0 radical (unpaired) electrons. The van der Waals surface area contributed by atoms with E-state index in [2.05, 4.69) is 5.10 Å². The van der Waals surface area contributed by atoms with Gasteiger partial charge in [0.25, 0.3) is 11.1 Å². The van der Waals surface area contributed by atoms with Gasteiger partial charge in [-0.05, 0) is 59.8 Å². The maximum atomic E-state index is 14.5. The molecular formula is C25H21ClF4N4O2S. The van der Waals surface area contributed by atoms with E-state index in [4.69, 9.17) is 11.6 Å². The number of benzene rings is 2. The SMILES string of the molecule is CCN1CC(F)C(N2C(=O)S/C(=C\c3ccc4c(cnn4Cc4ccc(Cl)cc4C(F)(F)F)c3)C2=O)C1. The quantitative estimate of drug-likeness (QED) is 0.294. The predicted octanol–water partition coefficient (Wildman–Crippen LogP) is 5.84. The normalized spacial score (nSPS) is 22.2. The Morgan fingerprint density at radius 3 is 2.65 bits per heavy atom. The van der Waals surface area contributed by atoms with E-state index in [0.717, 1.165) is 22.7 Å². The van der Waals surface area contributed by atoms with Gasteiger partial charge in [-0.1, -0.05) is 30.7 Å². The fourth-order valence-corrected chi connectivity index (χ4v) is 5.73. The fraction of sp³-hybridized carbons (Fsp3) is 0.320. The fourth-order valence-electron chi connectivity index (χ4n) is 4.67. The minimum absolute atomic E-state index is 0.00638. The first-order valence-electron chi connectivity index (χ1n) is 11.5. The second kappa shape index (κ2) is 9.77. The van der Waals surface area contributed by atoms with Gasteiger partial charge in [-0.25, -0.2) is 4.39 Å². The van der Waals surface area contributed by atoms with Crippen molar-refractivity contribution in [3.05, 3.63) is 69.2 Å². The first-order valence-corrected chi connectivity index (χ1v) is 12.7. The lowest BCUT2D eigenvalue weighted by atomic mass is 10.1. The molecule has 0 bridgehead atoms. The van der Waals surface area contributed by atoms with Gasteiger partial charge in [0, 0.05) is 23.5 Å². The predicted molar refractivity (Wildman–Crippen MR) is 134 cm³/mol. The number of hydrogen-bond acceptors (Lipinski definition) is 5. The highest BCUT2D eigenvalue weighted by Crippen LogP contribution is 2.37. The van der Waals surface area contributed by atoms with Crippen molar-refractivity contribution in [2.75, 3.05) is 19.6 Å². The Hall–Kier alpha value is -2.89. The van der Waals surface area contributed by atoms with Crippen LogP contribution in [0.1, 0.15) is 23.6 Å². The number of hydrogen-bond donors (Lipinski definition) is 0. The highest BCUT2D eigenvalue weighted by Gasteiger charge is 2.46. The van der Waals surface area contributed by atoms with Crippen molar-refractivity contribution in [3.8, 4) is 0 Å². The van der Waals surface area contributed by atoms with Crippen LogP contribution >= 0.6 is 23.4 Å². The number of nitrogens with zero attached hydrogens (tertiary/aromatic N) is 4. The van der Waals surface area contributed by atoms with Crippen molar-refractivity contribution < 1.29 is 27.2 Å². The van der Waals surface area contributed by atoms with Crippen LogP contribution in [0.4, 0.5) is 22.4 Å². The molecule has 3 heterocycles. The molecule has 194 valence electrons. The van der Waals surface area contributed by atoms with Crippen LogP contribution in [0.2, 0.25) is 5.02 Å². The number of thioether (sulfide) groups is 1. The average Bonchev–Trinajstić information content (AvgIpc) is 3.49. The molecule has 0 saturated carbocycles. The lowest BCUT2D eigenvalue weighted by Gasteiger charge is -2.22. The Labute approximate surface area is 218 Å². The van der Waals surface area contributed by atoms with Gasteiger partial charge < -0.3 is 0 Å². The summed E-state index contributed by atoms with van der Waals surface area (Å²) < 4.78 is 56.4. The largest absolute Gasteiger partial charge is 0.416 e. The van der Waals surface area contributed by atoms with Crippen molar-refractivity contribution in [1.82, 2.24) is 19.6 Å². The summed E-state index contributed by atoms with van der Waals surface area (Å²) in [5.74, 6) is -0.529. The summed E-state index contributed by atoms with van der Waals surface area (Å²) in [6.45, 7) is 2.90. The maximum Gasteiger partial charge on any atom is 0.416 e. The molecule has 0 spiro atoms. The Bertz CT molecular complexity index is 1420. The molecule has 2 atom stereocenters. The van der Waals surface area contributed by atoms with Gasteiger partial charge >= 0.3 is 6.18 Å². The van der Waals surface area contributed by atoms with Crippen LogP contribution in [0.25, 0.3) is 17.0 Å². The Morgan fingerprint density at radius 1 is 1.16 bits per heavy atom. The van der Waals surface area contributed by atoms with E-state index < -0.39 is 35.1 Å². The summed E-state index contributed by atoms with van der Waals surface area (Å²) in [5, 5.41) is 4.38. The van der Waals surface area contributed by atoms with E-state index in [0.29, 0.717) is 29.6 Å². The number of fused-ring (bicyclic) bond motifs is 1. The number of imide groups is 1. The van der Waals surface area contributed by atoms with Crippen LogP contribution in [0.5, 0.6) is 0 Å². The number of halogens is 5. The monoisotopic (exact) mass is 552 g/mol. The molecule has 12 heteroatoms. The molecular weight excluding hydrogens is 532 g/mol. The smallest absolute Gasteiger partial charge is 0.298 e. The van der Waals surface area contributed by atoms with Crippen LogP contribution in [-0.2, 0) is 17.5 Å². The molecule has 2 amide bonds. The van der Waals surface area contributed by atoms with Gasteiger partial charge in [0.1, 0.15) is 6.17 Å². The van der Waals surface area contributed by atoms with Crippen LogP contribution in [0.15, 0.2) is 47.5 Å². The Balaban J connectivity index is 1.39. The van der Waals surface area contributed by atoms with E-state index in [-0.39, 0.29) is 28.6 Å². The number of likely N-dealkylation sites (N-methyl/N-ethyl adjacent to an activating group) is 1. The highest BCUT2D eigenvalue weighted by molar-refractivity contribution is 8.18. The summed E-state index contributed by atoms with van der Waals surface area (Å²) in [7, 11) is 0. The van der Waals surface area contributed by atoms with Crippen LogP contribution < -0.4 is 0 Å². The molecule has 3 aromatic rings. The Kier molecular flexibility index (Phi) is 6.80. The first kappa shape index (κ1) is 25.7. The maximum absolute atomic E-state index is 14.5. The molecule has 2 unspecified atom stereocenters. The Morgan fingerprint density at radius 2 is 1.95 bits per heavy atom. The average molecular weight is 553 g/mol. The van der Waals surface area contributed by atoms with Gasteiger partial charge in [0.05, 0.1) is 34.8 Å². The number of rotatable bonds is 5. The third kappa shape index (κ3) is 4.99. The zero-order valence-corrected chi connectivity index (χ0v) is 21.1. The lowest BCUT2D eigenvalue weighted by Crippen LogP contribution is -2.44. The number of carbonyl (C=O) groups excluding carboxylic acids is 2. The number of aromatic nitrogens is 2. The van der Waals surface area contributed by atoms with Gasteiger partial charge in [-0.2, -0.15) is 18.3 Å². The molecule has 0 N–H and O–H groups in total. The molecule has 6 nitrogen and oxygen atoms in total. The highest BCUT2D eigenvalue weighted by atomic mass is 35.5. The molecule has 2 saturated heterocycles. The van der Waals surface area contributed by atoms with Crippen LogP contribution in [0.3, 0.4) is 0 Å². The third-order valence-corrected chi connectivity index (χ3v) is 7.68. The first-order chi connectivity index (χ1) is 17.5. The van der Waals surface area contributed by atoms with E-state index in [1.807, 2.05) is 11.8 Å². The summed E-state index contributed by atoms with van der Waals surface area (Å²) >= 11 is 6.54. The minimum atomic E-state index is -4.56.